The second-order valence-electron chi connectivity index (χ2n) is 8.39. The van der Waals surface area contributed by atoms with E-state index in [9.17, 15) is 33.3 Å². The zero-order valence-electron chi connectivity index (χ0n) is 17.5. The first-order valence-electron chi connectivity index (χ1n) is 10.6. The summed E-state index contributed by atoms with van der Waals surface area (Å²) in [5.41, 5.74) is 0. The van der Waals surface area contributed by atoms with Crippen LogP contribution >= 0.6 is 11.3 Å². The van der Waals surface area contributed by atoms with Crippen LogP contribution in [0.5, 0.6) is 0 Å². The number of halogens is 3. The van der Waals surface area contributed by atoms with Gasteiger partial charge in [0.25, 0.3) is 0 Å². The molecule has 1 aromatic rings. The van der Waals surface area contributed by atoms with Crippen LogP contribution in [-0.4, -0.2) is 50.9 Å². The number of aryl methyl sites for hydroxylation is 1. The Morgan fingerprint density at radius 1 is 1.26 bits per heavy atom. The van der Waals surface area contributed by atoms with Crippen molar-refractivity contribution < 1.29 is 38.4 Å². The van der Waals surface area contributed by atoms with Gasteiger partial charge < -0.3 is 20.4 Å². The molecule has 9 heteroatoms. The Morgan fingerprint density at radius 2 is 1.97 bits per heavy atom. The third-order valence-corrected chi connectivity index (χ3v) is 7.01. The largest absolute Gasteiger partial charge is 0.477 e. The fourth-order valence-corrected chi connectivity index (χ4v) is 5.19. The fraction of sp³-hybridized carbons (Fsp3) is 0.682. The van der Waals surface area contributed by atoms with E-state index in [1.54, 1.807) is 13.0 Å². The normalized spacial score (nSPS) is 26.4. The molecule has 0 saturated heterocycles. The molecule has 176 valence electrons. The number of hydrogen-bond donors (Lipinski definition) is 4. The maximum Gasteiger partial charge on any atom is 0.392 e. The lowest BCUT2D eigenvalue weighted by molar-refractivity contribution is -0.186. The summed E-state index contributed by atoms with van der Waals surface area (Å²) in [6.45, 7) is 1.65. The van der Waals surface area contributed by atoms with E-state index in [2.05, 4.69) is 0 Å². The SMILES string of the molecule is C[C@@H](O)CCC[C@H](O)/C=C/[C@@H]1[C@@H](CCCc2ccc(C(=O)O)s2)[C@H](C(F)(F)F)C[C@H]1O. The molecule has 1 fully saturated rings. The molecule has 2 rings (SSSR count). The Bertz CT molecular complexity index is 731. The Balaban J connectivity index is 2.00. The molecule has 5 nitrogen and oxygen atoms in total. The third-order valence-electron chi connectivity index (χ3n) is 5.88. The van der Waals surface area contributed by atoms with E-state index in [1.807, 2.05) is 0 Å². The van der Waals surface area contributed by atoms with E-state index < -0.39 is 48.2 Å². The number of carboxylic acids is 1. The second kappa shape index (κ2) is 11.4. The van der Waals surface area contributed by atoms with Gasteiger partial charge >= 0.3 is 12.1 Å². The van der Waals surface area contributed by atoms with Crippen LogP contribution in [0.3, 0.4) is 0 Å². The Hall–Kier alpha value is -1.42. The summed E-state index contributed by atoms with van der Waals surface area (Å²) in [5.74, 6) is -4.13. The smallest absolute Gasteiger partial charge is 0.392 e. The molecule has 6 atom stereocenters. The number of rotatable bonds is 11. The van der Waals surface area contributed by atoms with Gasteiger partial charge in [-0.15, -0.1) is 11.3 Å². The molecule has 1 saturated carbocycles. The predicted octanol–water partition coefficient (Wildman–Crippen LogP) is 4.41. The molecule has 0 bridgehead atoms. The van der Waals surface area contributed by atoms with E-state index in [1.165, 1.54) is 18.2 Å². The second-order valence-corrected chi connectivity index (χ2v) is 9.56. The van der Waals surface area contributed by atoms with Gasteiger partial charge in [0.05, 0.1) is 24.2 Å². The minimum Gasteiger partial charge on any atom is -0.477 e. The van der Waals surface area contributed by atoms with Gasteiger partial charge in [0.15, 0.2) is 0 Å². The molecule has 1 aliphatic carbocycles. The van der Waals surface area contributed by atoms with Crippen molar-refractivity contribution in [1.29, 1.82) is 0 Å². The van der Waals surface area contributed by atoms with Crippen molar-refractivity contribution in [2.75, 3.05) is 0 Å². The van der Waals surface area contributed by atoms with Crippen LogP contribution in [0.25, 0.3) is 0 Å². The van der Waals surface area contributed by atoms with E-state index in [0.29, 0.717) is 32.1 Å². The van der Waals surface area contributed by atoms with Crippen molar-refractivity contribution in [3.05, 3.63) is 34.0 Å². The van der Waals surface area contributed by atoms with Crippen LogP contribution < -0.4 is 0 Å². The molecular weight excluding hydrogens is 433 g/mol. The summed E-state index contributed by atoms with van der Waals surface area (Å²) in [6.07, 6.45) is -1.55. The maximum absolute atomic E-state index is 13.6. The van der Waals surface area contributed by atoms with Gasteiger partial charge in [0.1, 0.15) is 4.88 Å². The number of carbonyl (C=O) groups is 1. The molecule has 1 aromatic heterocycles. The van der Waals surface area contributed by atoms with Gasteiger partial charge in [-0.2, -0.15) is 13.2 Å². The van der Waals surface area contributed by atoms with Gasteiger partial charge in [0.2, 0.25) is 0 Å². The average molecular weight is 465 g/mol. The van der Waals surface area contributed by atoms with Crippen molar-refractivity contribution >= 4 is 17.3 Å². The highest BCUT2D eigenvalue weighted by Crippen LogP contribution is 2.49. The fourth-order valence-electron chi connectivity index (χ4n) is 4.30. The molecule has 0 radical (unpaired) electrons. The molecule has 0 unspecified atom stereocenters. The lowest BCUT2D eigenvalue weighted by Crippen LogP contribution is -2.28. The van der Waals surface area contributed by atoms with Crippen LogP contribution in [0, 0.1) is 17.8 Å². The van der Waals surface area contributed by atoms with Gasteiger partial charge in [-0.25, -0.2) is 4.79 Å². The average Bonchev–Trinajstić information content (AvgIpc) is 3.25. The van der Waals surface area contributed by atoms with Gasteiger partial charge in [-0.1, -0.05) is 12.2 Å². The zero-order valence-corrected chi connectivity index (χ0v) is 18.3. The summed E-state index contributed by atoms with van der Waals surface area (Å²) in [6, 6.07) is 3.17. The summed E-state index contributed by atoms with van der Waals surface area (Å²) in [4.78, 5) is 12.0. The van der Waals surface area contributed by atoms with Crippen molar-refractivity contribution in [2.45, 2.75) is 76.4 Å². The number of aromatic carboxylic acids is 1. The summed E-state index contributed by atoms with van der Waals surface area (Å²) < 4.78 is 40.7. The lowest BCUT2D eigenvalue weighted by Gasteiger charge is -2.25. The highest BCUT2D eigenvalue weighted by atomic mass is 32.1. The molecule has 1 aliphatic rings. The highest BCUT2D eigenvalue weighted by molar-refractivity contribution is 7.13. The minimum absolute atomic E-state index is 0.199. The van der Waals surface area contributed by atoms with Crippen LogP contribution in [0.2, 0.25) is 0 Å². The summed E-state index contributed by atoms with van der Waals surface area (Å²) in [5, 5.41) is 38.6. The predicted molar refractivity (Wildman–Crippen MR) is 112 cm³/mol. The first kappa shape index (κ1) is 25.8. The molecule has 4 N–H and O–H groups in total. The highest BCUT2D eigenvalue weighted by Gasteiger charge is 2.53. The lowest BCUT2D eigenvalue weighted by atomic mass is 9.83. The standard InChI is InChI=1S/C22H31F3O5S/c1-13(26)4-2-5-14(27)8-10-17-16(18(12-19(17)28)22(23,24)25)7-3-6-15-9-11-20(31-15)21(29)30/h8-11,13-14,16-19,26-28H,2-7,12H2,1H3,(H,29,30)/b10-8+/t13-,14+,16-,17-,18-,19-/m1/s1. The quantitative estimate of drug-likeness (QED) is 0.364. The van der Waals surface area contributed by atoms with Crippen LogP contribution in [0.15, 0.2) is 24.3 Å². The Labute approximate surface area is 184 Å². The van der Waals surface area contributed by atoms with E-state index in [4.69, 9.17) is 5.11 Å². The van der Waals surface area contributed by atoms with Gasteiger partial charge in [-0.3, -0.25) is 0 Å². The van der Waals surface area contributed by atoms with Crippen LogP contribution in [0.1, 0.15) is 60.0 Å². The number of thiophene rings is 1. The number of aliphatic hydroxyl groups is 3. The van der Waals surface area contributed by atoms with Gasteiger partial charge in [0, 0.05) is 10.8 Å². The Morgan fingerprint density at radius 3 is 2.55 bits per heavy atom. The van der Waals surface area contributed by atoms with Crippen molar-refractivity contribution in [2.24, 2.45) is 17.8 Å². The first-order chi connectivity index (χ1) is 14.5. The molecule has 0 spiro atoms. The van der Waals surface area contributed by atoms with Crippen LogP contribution in [-0.2, 0) is 6.42 Å². The van der Waals surface area contributed by atoms with E-state index in [0.717, 1.165) is 16.2 Å². The summed E-state index contributed by atoms with van der Waals surface area (Å²) in [7, 11) is 0. The Kier molecular flexibility index (Phi) is 9.54. The molecule has 0 aliphatic heterocycles. The molecule has 0 amide bonds. The van der Waals surface area contributed by atoms with Crippen molar-refractivity contribution in [3.8, 4) is 0 Å². The topological polar surface area (TPSA) is 98.0 Å². The maximum atomic E-state index is 13.6. The first-order valence-corrected chi connectivity index (χ1v) is 11.4. The van der Waals surface area contributed by atoms with E-state index >= 15 is 0 Å². The number of aliphatic hydroxyl groups excluding tert-OH is 3. The minimum atomic E-state index is -4.41. The van der Waals surface area contributed by atoms with Crippen molar-refractivity contribution in [3.63, 3.8) is 0 Å². The van der Waals surface area contributed by atoms with Crippen LogP contribution in [0.4, 0.5) is 13.2 Å². The third kappa shape index (κ3) is 7.89. The van der Waals surface area contributed by atoms with E-state index in [-0.39, 0.29) is 17.7 Å². The number of carboxylic acid groups (broad SMARTS) is 1. The van der Waals surface area contributed by atoms with Crippen molar-refractivity contribution in [1.82, 2.24) is 0 Å². The summed E-state index contributed by atoms with van der Waals surface area (Å²) >= 11 is 1.12. The molecule has 31 heavy (non-hydrogen) atoms. The van der Waals surface area contributed by atoms with Gasteiger partial charge in [-0.05, 0) is 69.9 Å². The zero-order chi connectivity index (χ0) is 23.2. The number of hydrogen-bond acceptors (Lipinski definition) is 5. The number of alkyl halides is 3. The molecular formula is C22H31F3O5S. The molecule has 0 aromatic carbocycles. The molecule has 1 heterocycles. The monoisotopic (exact) mass is 464 g/mol.